The monoisotopic (exact) mass is 288 g/mol. The minimum atomic E-state index is 0.672. The molecule has 21 heavy (non-hydrogen) atoms. The minimum Gasteiger partial charge on any atom is -0.315 e. The summed E-state index contributed by atoms with van der Waals surface area (Å²) in [7, 11) is 0. The van der Waals surface area contributed by atoms with Gasteiger partial charge in [0.25, 0.3) is 0 Å². The molecule has 2 heteroatoms. The third kappa shape index (κ3) is 6.19. The van der Waals surface area contributed by atoms with Crippen molar-refractivity contribution >= 4 is 0 Å². The van der Waals surface area contributed by atoms with E-state index in [0.29, 0.717) is 6.04 Å². The summed E-state index contributed by atoms with van der Waals surface area (Å²) in [4.78, 5) is 2.67. The van der Waals surface area contributed by atoms with E-state index in [2.05, 4.69) is 54.4 Å². The Hall–Kier alpha value is -0.860. The van der Waals surface area contributed by atoms with Gasteiger partial charge in [0.05, 0.1) is 0 Å². The van der Waals surface area contributed by atoms with E-state index in [0.717, 1.165) is 12.5 Å². The number of likely N-dealkylation sites (tertiary alicyclic amines) is 1. The summed E-state index contributed by atoms with van der Waals surface area (Å²) in [6.45, 7) is 9.46. The summed E-state index contributed by atoms with van der Waals surface area (Å²) in [5.41, 5.74) is 1.51. The molecule has 2 rings (SSSR count). The second-order valence-corrected chi connectivity index (χ2v) is 6.58. The topological polar surface area (TPSA) is 15.3 Å². The summed E-state index contributed by atoms with van der Waals surface area (Å²) in [6.07, 6.45) is 6.65. The van der Waals surface area contributed by atoms with E-state index in [4.69, 9.17) is 0 Å². The third-order valence-electron chi connectivity index (χ3n) is 4.74. The van der Waals surface area contributed by atoms with E-state index in [9.17, 15) is 0 Å². The van der Waals surface area contributed by atoms with E-state index in [1.54, 1.807) is 0 Å². The van der Waals surface area contributed by atoms with E-state index < -0.39 is 0 Å². The van der Waals surface area contributed by atoms with Crippen LogP contribution in [0.4, 0.5) is 0 Å². The molecule has 1 aromatic rings. The molecule has 1 aromatic carbocycles. The van der Waals surface area contributed by atoms with Crippen molar-refractivity contribution in [3.8, 4) is 0 Å². The van der Waals surface area contributed by atoms with E-state index in [-0.39, 0.29) is 0 Å². The first-order valence-corrected chi connectivity index (χ1v) is 8.77. The highest BCUT2D eigenvalue weighted by Gasteiger charge is 2.19. The van der Waals surface area contributed by atoms with Crippen LogP contribution in [-0.2, 0) is 6.42 Å². The molecule has 2 nitrogen and oxygen atoms in total. The molecule has 1 aliphatic heterocycles. The molecule has 1 saturated heterocycles. The molecule has 0 bridgehead atoms. The normalized spacial score (nSPS) is 18.8. The van der Waals surface area contributed by atoms with Gasteiger partial charge in [-0.15, -0.1) is 0 Å². The summed E-state index contributed by atoms with van der Waals surface area (Å²) in [6, 6.07) is 11.7. The van der Waals surface area contributed by atoms with Gasteiger partial charge >= 0.3 is 0 Å². The SMILES string of the molecule is CCNC(C)CCCN1CCC(Cc2ccccc2)CC1. The van der Waals surface area contributed by atoms with Gasteiger partial charge in [-0.2, -0.15) is 0 Å². The van der Waals surface area contributed by atoms with Crippen molar-refractivity contribution < 1.29 is 0 Å². The molecule has 0 spiro atoms. The van der Waals surface area contributed by atoms with Crippen LogP contribution >= 0.6 is 0 Å². The molecule has 0 amide bonds. The lowest BCUT2D eigenvalue weighted by Gasteiger charge is -2.32. The Morgan fingerprint density at radius 3 is 2.57 bits per heavy atom. The van der Waals surface area contributed by atoms with Gasteiger partial charge in [0.2, 0.25) is 0 Å². The van der Waals surface area contributed by atoms with Gasteiger partial charge in [-0.05, 0) is 76.7 Å². The maximum atomic E-state index is 3.50. The van der Waals surface area contributed by atoms with Crippen LogP contribution in [-0.4, -0.2) is 37.1 Å². The molecule has 0 aliphatic carbocycles. The Balaban J connectivity index is 1.60. The third-order valence-corrected chi connectivity index (χ3v) is 4.74. The van der Waals surface area contributed by atoms with Crippen molar-refractivity contribution in [3.05, 3.63) is 35.9 Å². The van der Waals surface area contributed by atoms with Crippen LogP contribution < -0.4 is 5.32 Å². The zero-order valence-electron chi connectivity index (χ0n) is 13.9. The lowest BCUT2D eigenvalue weighted by atomic mass is 9.90. The Morgan fingerprint density at radius 1 is 1.19 bits per heavy atom. The number of hydrogen-bond donors (Lipinski definition) is 1. The van der Waals surface area contributed by atoms with Crippen LogP contribution in [0.2, 0.25) is 0 Å². The number of nitrogens with one attached hydrogen (secondary N) is 1. The highest BCUT2D eigenvalue weighted by atomic mass is 15.1. The summed E-state index contributed by atoms with van der Waals surface area (Å²) < 4.78 is 0. The van der Waals surface area contributed by atoms with Crippen molar-refractivity contribution in [1.82, 2.24) is 10.2 Å². The molecule has 1 aliphatic rings. The van der Waals surface area contributed by atoms with E-state index in [1.165, 1.54) is 57.3 Å². The van der Waals surface area contributed by atoms with Crippen molar-refractivity contribution in [2.45, 2.75) is 52.0 Å². The molecule has 118 valence electrons. The van der Waals surface area contributed by atoms with Crippen molar-refractivity contribution in [1.29, 1.82) is 0 Å². The van der Waals surface area contributed by atoms with Gasteiger partial charge in [-0.3, -0.25) is 0 Å². The first kappa shape index (κ1) is 16.5. The van der Waals surface area contributed by atoms with Gasteiger partial charge in [-0.25, -0.2) is 0 Å². The average molecular weight is 288 g/mol. The Bertz CT molecular complexity index is 368. The maximum absolute atomic E-state index is 3.50. The molecule has 0 radical (unpaired) electrons. The average Bonchev–Trinajstić information content (AvgIpc) is 2.50. The molecule has 1 atom stereocenters. The largest absolute Gasteiger partial charge is 0.315 e. The quantitative estimate of drug-likeness (QED) is 0.784. The molecule has 1 unspecified atom stereocenters. The second kappa shape index (κ2) is 9.22. The zero-order chi connectivity index (χ0) is 14.9. The fourth-order valence-corrected chi connectivity index (χ4v) is 3.43. The predicted molar refractivity (Wildman–Crippen MR) is 91.7 cm³/mol. The Kier molecular flexibility index (Phi) is 7.25. The number of benzene rings is 1. The van der Waals surface area contributed by atoms with Gasteiger partial charge < -0.3 is 10.2 Å². The fraction of sp³-hybridized carbons (Fsp3) is 0.684. The molecule has 1 heterocycles. The molecular formula is C19H32N2. The number of piperidine rings is 1. The molecule has 0 saturated carbocycles. The zero-order valence-corrected chi connectivity index (χ0v) is 13.9. The van der Waals surface area contributed by atoms with Gasteiger partial charge in [-0.1, -0.05) is 37.3 Å². The van der Waals surface area contributed by atoms with Crippen molar-refractivity contribution in [2.75, 3.05) is 26.2 Å². The molecule has 1 N–H and O–H groups in total. The number of hydrogen-bond acceptors (Lipinski definition) is 2. The molecular weight excluding hydrogens is 256 g/mol. The second-order valence-electron chi connectivity index (χ2n) is 6.58. The van der Waals surface area contributed by atoms with Crippen LogP contribution in [0.25, 0.3) is 0 Å². The fourth-order valence-electron chi connectivity index (χ4n) is 3.43. The van der Waals surface area contributed by atoms with E-state index >= 15 is 0 Å². The van der Waals surface area contributed by atoms with Crippen LogP contribution in [0.15, 0.2) is 30.3 Å². The lowest BCUT2D eigenvalue weighted by Crippen LogP contribution is -2.35. The molecule has 1 fully saturated rings. The minimum absolute atomic E-state index is 0.672. The van der Waals surface area contributed by atoms with Crippen LogP contribution in [0, 0.1) is 5.92 Å². The Morgan fingerprint density at radius 2 is 1.90 bits per heavy atom. The lowest BCUT2D eigenvalue weighted by molar-refractivity contribution is 0.180. The van der Waals surface area contributed by atoms with Crippen molar-refractivity contribution in [2.24, 2.45) is 5.92 Å². The maximum Gasteiger partial charge on any atom is 0.00390 e. The highest BCUT2D eigenvalue weighted by Crippen LogP contribution is 2.21. The first-order valence-electron chi connectivity index (χ1n) is 8.77. The van der Waals surface area contributed by atoms with Crippen molar-refractivity contribution in [3.63, 3.8) is 0 Å². The molecule has 0 aromatic heterocycles. The van der Waals surface area contributed by atoms with E-state index in [1.807, 2.05) is 0 Å². The summed E-state index contributed by atoms with van der Waals surface area (Å²) in [5, 5.41) is 3.50. The van der Waals surface area contributed by atoms with Gasteiger partial charge in [0, 0.05) is 6.04 Å². The number of nitrogens with zero attached hydrogens (tertiary/aromatic N) is 1. The van der Waals surface area contributed by atoms with Crippen LogP contribution in [0.1, 0.15) is 45.1 Å². The smallest absolute Gasteiger partial charge is 0.00390 e. The predicted octanol–water partition coefficient (Wildman–Crippen LogP) is 3.72. The highest BCUT2D eigenvalue weighted by molar-refractivity contribution is 5.15. The van der Waals surface area contributed by atoms with Crippen LogP contribution in [0.3, 0.4) is 0 Å². The van der Waals surface area contributed by atoms with Gasteiger partial charge in [0.1, 0.15) is 0 Å². The van der Waals surface area contributed by atoms with Crippen LogP contribution in [0.5, 0.6) is 0 Å². The summed E-state index contributed by atoms with van der Waals surface area (Å²) >= 11 is 0. The number of rotatable bonds is 8. The summed E-state index contributed by atoms with van der Waals surface area (Å²) in [5.74, 6) is 0.893. The Labute approximate surface area is 130 Å². The first-order chi connectivity index (χ1) is 10.3. The standard InChI is InChI=1S/C19H32N2/c1-3-20-17(2)8-7-13-21-14-11-19(12-15-21)16-18-9-5-4-6-10-18/h4-6,9-10,17,19-20H,3,7-8,11-16H2,1-2H3. The van der Waals surface area contributed by atoms with Gasteiger partial charge in [0.15, 0.2) is 0 Å².